The van der Waals surface area contributed by atoms with E-state index in [1.54, 1.807) is 17.1 Å². The summed E-state index contributed by atoms with van der Waals surface area (Å²) in [6.45, 7) is 0.0757. The fourth-order valence-electron chi connectivity index (χ4n) is 1.48. The summed E-state index contributed by atoms with van der Waals surface area (Å²) in [5.74, 6) is -1.15. The van der Waals surface area contributed by atoms with E-state index in [0.29, 0.717) is 16.3 Å². The molecule has 0 radical (unpaired) electrons. The van der Waals surface area contributed by atoms with Gasteiger partial charge in [0.1, 0.15) is 5.75 Å². The SMILES string of the molecule is O=C(NCc1ccc(O)cc1)n1cc(F)c(=O)[nH]c1=O. The summed E-state index contributed by atoms with van der Waals surface area (Å²) in [4.78, 5) is 35.5. The van der Waals surface area contributed by atoms with E-state index in [0.717, 1.165) is 0 Å². The first-order chi connectivity index (χ1) is 9.47. The Morgan fingerprint density at radius 2 is 1.95 bits per heavy atom. The molecule has 1 aromatic heterocycles. The summed E-state index contributed by atoms with van der Waals surface area (Å²) >= 11 is 0. The summed E-state index contributed by atoms with van der Waals surface area (Å²) in [5, 5.41) is 11.5. The number of benzene rings is 1. The van der Waals surface area contributed by atoms with E-state index in [1.807, 2.05) is 0 Å². The molecule has 0 unspecified atom stereocenters. The van der Waals surface area contributed by atoms with Crippen LogP contribution in [0, 0.1) is 5.82 Å². The Labute approximate surface area is 111 Å². The molecule has 0 bridgehead atoms. The highest BCUT2D eigenvalue weighted by atomic mass is 19.1. The Morgan fingerprint density at radius 3 is 2.60 bits per heavy atom. The first-order valence-electron chi connectivity index (χ1n) is 5.55. The van der Waals surface area contributed by atoms with Crippen molar-refractivity contribution in [2.75, 3.05) is 0 Å². The predicted octanol–water partition coefficient (Wildman–Crippen LogP) is 0.139. The van der Waals surface area contributed by atoms with Crippen LogP contribution in [0.1, 0.15) is 5.56 Å². The third kappa shape index (κ3) is 2.91. The van der Waals surface area contributed by atoms with E-state index in [9.17, 15) is 18.8 Å². The molecule has 0 fully saturated rings. The van der Waals surface area contributed by atoms with Crippen LogP contribution in [-0.4, -0.2) is 20.7 Å². The van der Waals surface area contributed by atoms with Crippen LogP contribution >= 0.6 is 0 Å². The third-order valence-electron chi connectivity index (χ3n) is 2.50. The first-order valence-corrected chi connectivity index (χ1v) is 5.55. The second-order valence-corrected chi connectivity index (χ2v) is 3.93. The maximum atomic E-state index is 13.0. The lowest BCUT2D eigenvalue weighted by Crippen LogP contribution is -2.40. The van der Waals surface area contributed by atoms with E-state index in [2.05, 4.69) is 5.32 Å². The van der Waals surface area contributed by atoms with Gasteiger partial charge in [-0.2, -0.15) is 4.39 Å². The molecule has 1 amide bonds. The van der Waals surface area contributed by atoms with Crippen LogP contribution in [0.2, 0.25) is 0 Å². The average Bonchev–Trinajstić information content (AvgIpc) is 2.42. The zero-order valence-electron chi connectivity index (χ0n) is 10.1. The number of aromatic amines is 1. The maximum absolute atomic E-state index is 13.0. The number of carbonyl (C=O) groups is 1. The van der Waals surface area contributed by atoms with Gasteiger partial charge < -0.3 is 10.4 Å². The number of nitrogens with one attached hydrogen (secondary N) is 2. The number of H-pyrrole nitrogens is 1. The maximum Gasteiger partial charge on any atom is 0.336 e. The van der Waals surface area contributed by atoms with Gasteiger partial charge >= 0.3 is 11.7 Å². The molecule has 0 saturated heterocycles. The Morgan fingerprint density at radius 1 is 1.30 bits per heavy atom. The number of aromatic nitrogens is 2. The highest BCUT2D eigenvalue weighted by Gasteiger charge is 2.10. The smallest absolute Gasteiger partial charge is 0.336 e. The Balaban J connectivity index is 2.13. The summed E-state index contributed by atoms with van der Waals surface area (Å²) in [5.41, 5.74) is -1.54. The molecular formula is C12H10FN3O4. The van der Waals surface area contributed by atoms with Gasteiger partial charge in [0.2, 0.25) is 5.82 Å². The van der Waals surface area contributed by atoms with Crippen LogP contribution in [0.5, 0.6) is 5.75 Å². The van der Waals surface area contributed by atoms with E-state index in [1.165, 1.54) is 12.1 Å². The van der Waals surface area contributed by atoms with E-state index in [4.69, 9.17) is 5.11 Å². The van der Waals surface area contributed by atoms with E-state index in [-0.39, 0.29) is 12.3 Å². The van der Waals surface area contributed by atoms with Gasteiger partial charge in [0.25, 0.3) is 5.56 Å². The average molecular weight is 279 g/mol. The monoisotopic (exact) mass is 279 g/mol. The lowest BCUT2D eigenvalue weighted by atomic mass is 10.2. The Kier molecular flexibility index (Phi) is 3.65. The van der Waals surface area contributed by atoms with Crippen molar-refractivity contribution in [2.45, 2.75) is 6.54 Å². The molecule has 7 nitrogen and oxygen atoms in total. The van der Waals surface area contributed by atoms with Gasteiger partial charge in [0, 0.05) is 6.54 Å². The number of carbonyl (C=O) groups excluding carboxylic acids is 1. The molecule has 20 heavy (non-hydrogen) atoms. The van der Waals surface area contributed by atoms with Crippen molar-refractivity contribution in [3.8, 4) is 5.75 Å². The molecule has 0 aliphatic heterocycles. The molecule has 104 valence electrons. The van der Waals surface area contributed by atoms with Crippen molar-refractivity contribution in [2.24, 2.45) is 0 Å². The number of aromatic hydroxyl groups is 1. The summed E-state index contributed by atoms with van der Waals surface area (Å²) in [6, 6.07) is 5.15. The number of phenols is 1. The Hall–Kier alpha value is -2.90. The highest BCUT2D eigenvalue weighted by molar-refractivity contribution is 5.76. The van der Waals surface area contributed by atoms with Gasteiger partial charge in [0.15, 0.2) is 0 Å². The Bertz CT molecular complexity index is 749. The van der Waals surface area contributed by atoms with Crippen molar-refractivity contribution in [3.63, 3.8) is 0 Å². The zero-order valence-corrected chi connectivity index (χ0v) is 10.1. The van der Waals surface area contributed by atoms with Crippen LogP contribution in [0.4, 0.5) is 9.18 Å². The molecule has 3 N–H and O–H groups in total. The van der Waals surface area contributed by atoms with Crippen LogP contribution in [0.15, 0.2) is 40.1 Å². The zero-order chi connectivity index (χ0) is 14.7. The number of nitrogens with zero attached hydrogens (tertiary/aromatic N) is 1. The van der Waals surface area contributed by atoms with Gasteiger partial charge in [-0.05, 0) is 17.7 Å². The number of halogens is 1. The number of hydrogen-bond acceptors (Lipinski definition) is 4. The van der Waals surface area contributed by atoms with Crippen LogP contribution in [0.25, 0.3) is 0 Å². The molecule has 0 atom stereocenters. The molecule has 1 heterocycles. The second-order valence-electron chi connectivity index (χ2n) is 3.93. The number of amides is 1. The minimum atomic E-state index is -1.23. The third-order valence-corrected chi connectivity index (χ3v) is 2.50. The fraction of sp³-hybridized carbons (Fsp3) is 0.0833. The summed E-state index contributed by atoms with van der Waals surface area (Å²) in [6.07, 6.45) is 0.521. The lowest BCUT2D eigenvalue weighted by Gasteiger charge is -2.06. The first kappa shape index (κ1) is 13.5. The van der Waals surface area contributed by atoms with Crippen LogP contribution in [0.3, 0.4) is 0 Å². The minimum absolute atomic E-state index is 0.0757. The quantitative estimate of drug-likeness (QED) is 0.727. The number of hydrogen-bond donors (Lipinski definition) is 3. The molecule has 2 aromatic rings. The van der Waals surface area contributed by atoms with Crippen molar-refractivity contribution in [1.29, 1.82) is 0 Å². The molecule has 0 aliphatic rings. The molecule has 0 aliphatic carbocycles. The van der Waals surface area contributed by atoms with Gasteiger partial charge in [-0.15, -0.1) is 0 Å². The van der Waals surface area contributed by atoms with Crippen LogP contribution < -0.4 is 16.6 Å². The van der Waals surface area contributed by atoms with Gasteiger partial charge in [-0.3, -0.25) is 9.78 Å². The second kappa shape index (κ2) is 5.39. The normalized spacial score (nSPS) is 10.2. The van der Waals surface area contributed by atoms with Crippen molar-refractivity contribution < 1.29 is 14.3 Å². The van der Waals surface area contributed by atoms with Gasteiger partial charge in [0.05, 0.1) is 6.20 Å². The standard InChI is InChI=1S/C12H10FN3O4/c13-9-6-16(12(20)15-10(9)18)11(19)14-5-7-1-3-8(17)4-2-7/h1-4,6,17H,5H2,(H,14,19)(H,15,18,20). The summed E-state index contributed by atoms with van der Waals surface area (Å²) in [7, 11) is 0. The number of phenolic OH excluding ortho intramolecular Hbond substituents is 1. The van der Waals surface area contributed by atoms with Crippen LogP contribution in [-0.2, 0) is 6.54 Å². The molecule has 0 spiro atoms. The van der Waals surface area contributed by atoms with Crippen molar-refractivity contribution in [1.82, 2.24) is 14.9 Å². The predicted molar refractivity (Wildman–Crippen MR) is 67.0 cm³/mol. The number of rotatable bonds is 2. The van der Waals surface area contributed by atoms with Gasteiger partial charge in [-0.25, -0.2) is 14.2 Å². The lowest BCUT2D eigenvalue weighted by molar-refractivity contribution is 0.240. The molecule has 8 heteroatoms. The van der Waals surface area contributed by atoms with Crippen molar-refractivity contribution in [3.05, 3.63) is 62.7 Å². The summed E-state index contributed by atoms with van der Waals surface area (Å²) < 4.78 is 13.4. The molecule has 2 rings (SSSR count). The largest absolute Gasteiger partial charge is 0.508 e. The molecule has 1 aromatic carbocycles. The minimum Gasteiger partial charge on any atom is -0.508 e. The van der Waals surface area contributed by atoms with E-state index >= 15 is 0 Å². The fourth-order valence-corrected chi connectivity index (χ4v) is 1.48. The van der Waals surface area contributed by atoms with Gasteiger partial charge in [-0.1, -0.05) is 12.1 Å². The molecular weight excluding hydrogens is 269 g/mol. The van der Waals surface area contributed by atoms with E-state index < -0.39 is 23.1 Å². The van der Waals surface area contributed by atoms with Crippen molar-refractivity contribution >= 4 is 6.03 Å². The topological polar surface area (TPSA) is 104 Å². The highest BCUT2D eigenvalue weighted by Crippen LogP contribution is 2.09. The molecule has 0 saturated carbocycles.